The number of amides is 1. The molecule has 0 aromatic carbocycles. The molecule has 98 valence electrons. The number of hydrogen-bond acceptors (Lipinski definition) is 5. The molecule has 1 heterocycles. The fourth-order valence-corrected chi connectivity index (χ4v) is 1.28. The van der Waals surface area contributed by atoms with Gasteiger partial charge in [0.1, 0.15) is 5.69 Å². The van der Waals surface area contributed by atoms with Crippen LogP contribution in [0.15, 0.2) is 12.4 Å². The molecule has 0 aliphatic rings. The Kier molecular flexibility index (Phi) is 5.19. The zero-order chi connectivity index (χ0) is 13.5. The first-order valence-corrected chi connectivity index (χ1v) is 5.43. The molecule has 0 spiro atoms. The first-order chi connectivity index (χ1) is 8.58. The van der Waals surface area contributed by atoms with Crippen LogP contribution in [0.25, 0.3) is 0 Å². The summed E-state index contributed by atoms with van der Waals surface area (Å²) >= 11 is 0. The minimum atomic E-state index is -1.18. The highest BCUT2D eigenvalue weighted by Gasteiger charge is 2.14. The van der Waals surface area contributed by atoms with Crippen LogP contribution in [0, 0.1) is 0 Å². The molecule has 7 nitrogen and oxygen atoms in total. The molecule has 1 amide bonds. The maximum atomic E-state index is 11.8. The van der Waals surface area contributed by atoms with Gasteiger partial charge in [-0.2, -0.15) is 0 Å². The highest BCUT2D eigenvalue weighted by molar-refractivity contribution is 5.92. The third-order valence-electron chi connectivity index (χ3n) is 2.30. The summed E-state index contributed by atoms with van der Waals surface area (Å²) in [6, 6.07) is -0.108. The smallest absolute Gasteiger partial charge is 0.356 e. The van der Waals surface area contributed by atoms with Gasteiger partial charge in [-0.1, -0.05) is 6.92 Å². The van der Waals surface area contributed by atoms with Gasteiger partial charge in [-0.15, -0.1) is 0 Å². The van der Waals surface area contributed by atoms with Crippen LogP contribution in [0.5, 0.6) is 0 Å². The van der Waals surface area contributed by atoms with Gasteiger partial charge in [0.2, 0.25) is 0 Å². The number of hydrogen-bond donors (Lipinski definition) is 2. The molecule has 2 N–H and O–H groups in total. The van der Waals surface area contributed by atoms with Crippen molar-refractivity contribution >= 4 is 11.9 Å². The van der Waals surface area contributed by atoms with Gasteiger partial charge in [-0.05, 0) is 6.42 Å². The number of aromatic carboxylic acids is 1. The molecule has 1 unspecified atom stereocenters. The summed E-state index contributed by atoms with van der Waals surface area (Å²) in [7, 11) is 1.55. The predicted molar refractivity (Wildman–Crippen MR) is 62.4 cm³/mol. The largest absolute Gasteiger partial charge is 0.476 e. The predicted octanol–water partition coefficient (Wildman–Crippen LogP) is 0.330. The van der Waals surface area contributed by atoms with E-state index in [1.807, 2.05) is 6.92 Å². The van der Waals surface area contributed by atoms with Crippen LogP contribution in [0.3, 0.4) is 0 Å². The van der Waals surface area contributed by atoms with E-state index in [1.54, 1.807) is 7.11 Å². The number of methoxy groups -OCH3 is 1. The van der Waals surface area contributed by atoms with Gasteiger partial charge in [0.25, 0.3) is 5.91 Å². The van der Waals surface area contributed by atoms with Crippen molar-refractivity contribution in [2.24, 2.45) is 0 Å². The van der Waals surface area contributed by atoms with Crippen molar-refractivity contribution in [3.8, 4) is 0 Å². The summed E-state index contributed by atoms with van der Waals surface area (Å²) in [6.45, 7) is 2.33. The summed E-state index contributed by atoms with van der Waals surface area (Å²) in [6.07, 6.45) is 2.91. The SMILES string of the molecule is CCC(COC)NC(=O)c1cnc(C(=O)O)cn1. The quantitative estimate of drug-likeness (QED) is 0.757. The molecule has 1 aromatic rings. The minimum Gasteiger partial charge on any atom is -0.476 e. The summed E-state index contributed by atoms with van der Waals surface area (Å²) in [4.78, 5) is 29.7. The van der Waals surface area contributed by atoms with Gasteiger partial charge < -0.3 is 15.2 Å². The molecule has 18 heavy (non-hydrogen) atoms. The molecule has 0 aliphatic heterocycles. The lowest BCUT2D eigenvalue weighted by atomic mass is 10.2. The highest BCUT2D eigenvalue weighted by atomic mass is 16.5. The van der Waals surface area contributed by atoms with Crippen molar-refractivity contribution in [2.75, 3.05) is 13.7 Å². The average molecular weight is 253 g/mol. The lowest BCUT2D eigenvalue weighted by Crippen LogP contribution is -2.38. The molecule has 1 rings (SSSR count). The van der Waals surface area contributed by atoms with Crippen molar-refractivity contribution in [3.63, 3.8) is 0 Å². The van der Waals surface area contributed by atoms with Crippen LogP contribution in [-0.2, 0) is 4.74 Å². The monoisotopic (exact) mass is 253 g/mol. The van der Waals surface area contributed by atoms with E-state index in [0.29, 0.717) is 6.61 Å². The molecular formula is C11H15N3O4. The van der Waals surface area contributed by atoms with Crippen LogP contribution >= 0.6 is 0 Å². The number of nitrogens with one attached hydrogen (secondary N) is 1. The molecule has 7 heteroatoms. The third-order valence-corrected chi connectivity index (χ3v) is 2.30. The summed E-state index contributed by atoms with van der Waals surface area (Å²) in [5.41, 5.74) is -0.120. The molecule has 0 saturated heterocycles. The average Bonchev–Trinajstić information content (AvgIpc) is 2.38. The Morgan fingerprint density at radius 1 is 1.39 bits per heavy atom. The second-order valence-corrected chi connectivity index (χ2v) is 3.63. The Morgan fingerprint density at radius 3 is 2.44 bits per heavy atom. The number of aromatic nitrogens is 2. The molecule has 1 atom stereocenters. The molecule has 0 bridgehead atoms. The number of carbonyl (C=O) groups is 2. The second-order valence-electron chi connectivity index (χ2n) is 3.63. The highest BCUT2D eigenvalue weighted by Crippen LogP contribution is 1.98. The molecule has 0 fully saturated rings. The first kappa shape index (κ1) is 14.0. The normalized spacial score (nSPS) is 11.9. The number of carboxylic acids is 1. The van der Waals surface area contributed by atoms with E-state index < -0.39 is 11.9 Å². The fourth-order valence-electron chi connectivity index (χ4n) is 1.28. The van der Waals surface area contributed by atoms with Crippen molar-refractivity contribution in [1.29, 1.82) is 0 Å². The molecule has 1 aromatic heterocycles. The molecular weight excluding hydrogens is 238 g/mol. The Morgan fingerprint density at radius 2 is 2.00 bits per heavy atom. The van der Waals surface area contributed by atoms with E-state index in [2.05, 4.69) is 15.3 Å². The van der Waals surface area contributed by atoms with E-state index in [1.165, 1.54) is 0 Å². The molecule has 0 aliphatic carbocycles. The minimum absolute atomic E-state index is 0.0783. The van der Waals surface area contributed by atoms with Crippen LogP contribution in [-0.4, -0.2) is 46.7 Å². The van der Waals surface area contributed by atoms with Crippen molar-refractivity contribution < 1.29 is 19.4 Å². The lowest BCUT2D eigenvalue weighted by Gasteiger charge is -2.15. The van der Waals surface area contributed by atoms with Crippen molar-refractivity contribution in [1.82, 2.24) is 15.3 Å². The number of carboxylic acid groups (broad SMARTS) is 1. The van der Waals surface area contributed by atoms with Gasteiger partial charge in [0.15, 0.2) is 5.69 Å². The topological polar surface area (TPSA) is 101 Å². The lowest BCUT2D eigenvalue weighted by molar-refractivity contribution is 0.0688. The summed E-state index contributed by atoms with van der Waals surface area (Å²) in [5.74, 6) is -1.58. The van der Waals surface area contributed by atoms with E-state index in [0.717, 1.165) is 18.8 Å². The zero-order valence-electron chi connectivity index (χ0n) is 10.2. The third kappa shape index (κ3) is 3.77. The Labute approximate surface area is 104 Å². The van der Waals surface area contributed by atoms with Gasteiger partial charge in [-0.25, -0.2) is 14.8 Å². The second kappa shape index (κ2) is 6.65. The number of nitrogens with zero attached hydrogens (tertiary/aromatic N) is 2. The maximum absolute atomic E-state index is 11.8. The first-order valence-electron chi connectivity index (χ1n) is 5.43. The van der Waals surface area contributed by atoms with Gasteiger partial charge in [-0.3, -0.25) is 4.79 Å². The van der Waals surface area contributed by atoms with Crippen molar-refractivity contribution in [2.45, 2.75) is 19.4 Å². The number of rotatable bonds is 6. The van der Waals surface area contributed by atoms with Gasteiger partial charge in [0.05, 0.1) is 25.0 Å². The van der Waals surface area contributed by atoms with Gasteiger partial charge >= 0.3 is 5.97 Å². The van der Waals surface area contributed by atoms with Crippen LogP contribution in [0.1, 0.15) is 34.3 Å². The van der Waals surface area contributed by atoms with E-state index >= 15 is 0 Å². The summed E-state index contributed by atoms with van der Waals surface area (Å²) in [5, 5.41) is 11.4. The van der Waals surface area contributed by atoms with Gasteiger partial charge in [0, 0.05) is 7.11 Å². The Hall–Kier alpha value is -2.02. The van der Waals surface area contributed by atoms with E-state index in [-0.39, 0.29) is 17.4 Å². The Balaban J connectivity index is 2.69. The van der Waals surface area contributed by atoms with E-state index in [4.69, 9.17) is 9.84 Å². The van der Waals surface area contributed by atoms with E-state index in [9.17, 15) is 9.59 Å². The standard InChI is InChI=1S/C11H15N3O4/c1-3-7(6-18-2)14-10(15)8-4-13-9(5-12-8)11(16)17/h4-5,7H,3,6H2,1-2H3,(H,14,15)(H,16,17). The maximum Gasteiger partial charge on any atom is 0.356 e. The number of ether oxygens (including phenoxy) is 1. The zero-order valence-corrected chi connectivity index (χ0v) is 10.2. The van der Waals surface area contributed by atoms with Crippen LogP contribution in [0.2, 0.25) is 0 Å². The number of carbonyl (C=O) groups excluding carboxylic acids is 1. The molecule has 0 saturated carbocycles. The Bertz CT molecular complexity index is 419. The van der Waals surface area contributed by atoms with Crippen LogP contribution < -0.4 is 5.32 Å². The van der Waals surface area contributed by atoms with Crippen molar-refractivity contribution in [3.05, 3.63) is 23.8 Å². The summed E-state index contributed by atoms with van der Waals surface area (Å²) < 4.78 is 4.95. The fraction of sp³-hybridized carbons (Fsp3) is 0.455. The molecule has 0 radical (unpaired) electrons. The van der Waals surface area contributed by atoms with Crippen LogP contribution in [0.4, 0.5) is 0 Å².